The molecule has 0 spiro atoms. The first-order valence-corrected chi connectivity index (χ1v) is 7.61. The first kappa shape index (κ1) is 13.8. The van der Waals surface area contributed by atoms with Gasteiger partial charge in [-0.3, -0.25) is 0 Å². The molecule has 94 valence electrons. The molecular weight excluding hydrogens is 192 g/mol. The molecule has 0 aliphatic heterocycles. The molecular formula is C16H30. The van der Waals surface area contributed by atoms with Gasteiger partial charge in [0.05, 0.1) is 0 Å². The van der Waals surface area contributed by atoms with Crippen LogP contribution in [0.3, 0.4) is 0 Å². The fourth-order valence-electron chi connectivity index (χ4n) is 2.62. The van der Waals surface area contributed by atoms with E-state index < -0.39 is 0 Å². The summed E-state index contributed by atoms with van der Waals surface area (Å²) in [6.45, 7) is 2.29. The molecule has 16 heavy (non-hydrogen) atoms. The van der Waals surface area contributed by atoms with Gasteiger partial charge in [0.15, 0.2) is 0 Å². The van der Waals surface area contributed by atoms with E-state index in [9.17, 15) is 0 Å². The van der Waals surface area contributed by atoms with E-state index in [-0.39, 0.29) is 0 Å². The molecule has 0 fully saturated rings. The minimum Gasteiger partial charge on any atom is -0.0853 e. The van der Waals surface area contributed by atoms with Gasteiger partial charge in [-0.05, 0) is 38.5 Å². The summed E-state index contributed by atoms with van der Waals surface area (Å²) in [5.74, 6) is 0. The number of hydrogen-bond donors (Lipinski definition) is 0. The Bertz CT molecular complexity index is 178. The van der Waals surface area contributed by atoms with Gasteiger partial charge in [0.2, 0.25) is 0 Å². The fourth-order valence-corrected chi connectivity index (χ4v) is 2.62. The standard InChI is InChI=1S/C16H30/c1-2-3-4-5-7-10-13-16-14-11-8-6-9-12-15-16/h14H,2-13,15H2,1H3/b16-14-. The quantitative estimate of drug-likeness (QED) is 0.365. The molecule has 0 amide bonds. The second-order valence-corrected chi connectivity index (χ2v) is 5.33. The smallest absolute Gasteiger partial charge is 0.0320 e. The van der Waals surface area contributed by atoms with E-state index in [4.69, 9.17) is 0 Å². The van der Waals surface area contributed by atoms with Crippen molar-refractivity contribution in [1.82, 2.24) is 0 Å². The zero-order valence-electron chi connectivity index (χ0n) is 11.3. The maximum absolute atomic E-state index is 2.55. The van der Waals surface area contributed by atoms with Crippen molar-refractivity contribution in [3.8, 4) is 0 Å². The molecule has 0 nitrogen and oxygen atoms in total. The molecule has 1 aliphatic rings. The Morgan fingerprint density at radius 3 is 2.50 bits per heavy atom. The highest BCUT2D eigenvalue weighted by Gasteiger charge is 2.01. The Morgan fingerprint density at radius 1 is 0.875 bits per heavy atom. The van der Waals surface area contributed by atoms with Crippen LogP contribution >= 0.6 is 0 Å². The van der Waals surface area contributed by atoms with Gasteiger partial charge in [-0.2, -0.15) is 0 Å². The predicted molar refractivity (Wildman–Crippen MR) is 73.8 cm³/mol. The van der Waals surface area contributed by atoms with Gasteiger partial charge in [-0.15, -0.1) is 0 Å². The molecule has 0 unspecified atom stereocenters. The first-order chi connectivity index (χ1) is 7.93. The third kappa shape index (κ3) is 7.09. The second kappa shape index (κ2) is 9.93. The molecule has 0 aromatic rings. The Morgan fingerprint density at radius 2 is 1.62 bits per heavy atom. The average Bonchev–Trinajstić information content (AvgIpc) is 2.25. The summed E-state index contributed by atoms with van der Waals surface area (Å²) in [6.07, 6.45) is 21.1. The molecule has 0 bridgehead atoms. The van der Waals surface area contributed by atoms with Crippen molar-refractivity contribution in [2.24, 2.45) is 0 Å². The number of hydrogen-bond acceptors (Lipinski definition) is 0. The molecule has 0 saturated heterocycles. The molecule has 0 saturated carbocycles. The predicted octanol–water partition coefficient (Wildman–Crippen LogP) is 6.02. The van der Waals surface area contributed by atoms with Crippen LogP contribution in [-0.4, -0.2) is 0 Å². The van der Waals surface area contributed by atoms with Crippen molar-refractivity contribution in [3.63, 3.8) is 0 Å². The highest BCUT2D eigenvalue weighted by atomic mass is 14.1. The monoisotopic (exact) mass is 222 g/mol. The van der Waals surface area contributed by atoms with Gasteiger partial charge in [0, 0.05) is 0 Å². The third-order valence-corrected chi connectivity index (χ3v) is 3.74. The SMILES string of the molecule is CCCCCCCC/C1=C/CCCCCC1. The Balaban J connectivity index is 2.01. The molecule has 0 heterocycles. The highest BCUT2D eigenvalue weighted by molar-refractivity contribution is 5.02. The van der Waals surface area contributed by atoms with Crippen LogP contribution in [0.25, 0.3) is 0 Å². The first-order valence-electron chi connectivity index (χ1n) is 7.61. The van der Waals surface area contributed by atoms with Crippen molar-refractivity contribution < 1.29 is 0 Å². The van der Waals surface area contributed by atoms with Crippen LogP contribution in [0.4, 0.5) is 0 Å². The van der Waals surface area contributed by atoms with Crippen molar-refractivity contribution in [2.45, 2.75) is 90.4 Å². The van der Waals surface area contributed by atoms with E-state index in [1.165, 1.54) is 83.5 Å². The van der Waals surface area contributed by atoms with Gasteiger partial charge in [-0.1, -0.05) is 63.5 Å². The van der Waals surface area contributed by atoms with Crippen LogP contribution in [0, 0.1) is 0 Å². The van der Waals surface area contributed by atoms with E-state index >= 15 is 0 Å². The number of allylic oxidation sites excluding steroid dienone is 2. The minimum absolute atomic E-state index is 1.35. The van der Waals surface area contributed by atoms with Crippen LogP contribution in [0.1, 0.15) is 90.4 Å². The molecule has 0 aromatic heterocycles. The van der Waals surface area contributed by atoms with Crippen LogP contribution in [0.2, 0.25) is 0 Å². The molecule has 0 heteroatoms. The van der Waals surface area contributed by atoms with Crippen molar-refractivity contribution >= 4 is 0 Å². The molecule has 0 radical (unpaired) electrons. The van der Waals surface area contributed by atoms with E-state index in [0.29, 0.717) is 0 Å². The van der Waals surface area contributed by atoms with Gasteiger partial charge in [0.25, 0.3) is 0 Å². The summed E-state index contributed by atoms with van der Waals surface area (Å²) in [6, 6.07) is 0. The fraction of sp³-hybridized carbons (Fsp3) is 0.875. The summed E-state index contributed by atoms with van der Waals surface area (Å²) in [4.78, 5) is 0. The maximum atomic E-state index is 2.55. The zero-order chi connectivity index (χ0) is 11.5. The molecule has 1 rings (SSSR count). The lowest BCUT2D eigenvalue weighted by atomic mass is 9.96. The Kier molecular flexibility index (Phi) is 8.57. The van der Waals surface area contributed by atoms with E-state index in [0.717, 1.165) is 0 Å². The lowest BCUT2D eigenvalue weighted by molar-refractivity contribution is 0.581. The third-order valence-electron chi connectivity index (χ3n) is 3.74. The Hall–Kier alpha value is -0.260. The average molecular weight is 222 g/mol. The molecule has 0 N–H and O–H groups in total. The van der Waals surface area contributed by atoms with Crippen LogP contribution < -0.4 is 0 Å². The molecule has 0 atom stereocenters. The lowest BCUT2D eigenvalue weighted by Crippen LogP contribution is -1.91. The van der Waals surface area contributed by atoms with Crippen LogP contribution in [0.5, 0.6) is 0 Å². The topological polar surface area (TPSA) is 0 Å². The summed E-state index contributed by atoms with van der Waals surface area (Å²) >= 11 is 0. The van der Waals surface area contributed by atoms with E-state index in [2.05, 4.69) is 13.0 Å². The van der Waals surface area contributed by atoms with Crippen molar-refractivity contribution in [1.29, 1.82) is 0 Å². The van der Waals surface area contributed by atoms with Crippen LogP contribution in [-0.2, 0) is 0 Å². The zero-order valence-corrected chi connectivity index (χ0v) is 11.3. The van der Waals surface area contributed by atoms with Crippen LogP contribution in [0.15, 0.2) is 11.6 Å². The maximum Gasteiger partial charge on any atom is -0.0320 e. The molecule has 0 aromatic carbocycles. The summed E-state index contributed by atoms with van der Waals surface area (Å²) in [5, 5.41) is 0. The summed E-state index contributed by atoms with van der Waals surface area (Å²) in [7, 11) is 0. The summed E-state index contributed by atoms with van der Waals surface area (Å²) < 4.78 is 0. The van der Waals surface area contributed by atoms with Gasteiger partial charge >= 0.3 is 0 Å². The number of rotatable bonds is 7. The summed E-state index contributed by atoms with van der Waals surface area (Å²) in [5.41, 5.74) is 1.77. The van der Waals surface area contributed by atoms with Crippen molar-refractivity contribution in [2.75, 3.05) is 0 Å². The van der Waals surface area contributed by atoms with Gasteiger partial charge in [-0.25, -0.2) is 0 Å². The highest BCUT2D eigenvalue weighted by Crippen LogP contribution is 2.21. The minimum atomic E-state index is 1.35. The molecule has 1 aliphatic carbocycles. The largest absolute Gasteiger partial charge is 0.0853 e. The van der Waals surface area contributed by atoms with E-state index in [1.54, 1.807) is 5.57 Å². The number of unbranched alkanes of at least 4 members (excludes halogenated alkanes) is 5. The second-order valence-electron chi connectivity index (χ2n) is 5.33. The van der Waals surface area contributed by atoms with Gasteiger partial charge < -0.3 is 0 Å². The Labute approximate surface area is 103 Å². The lowest BCUT2D eigenvalue weighted by Gasteiger charge is -2.11. The van der Waals surface area contributed by atoms with E-state index in [1.807, 2.05) is 0 Å². The van der Waals surface area contributed by atoms with Crippen molar-refractivity contribution in [3.05, 3.63) is 11.6 Å². The van der Waals surface area contributed by atoms with Gasteiger partial charge in [0.1, 0.15) is 0 Å². The normalized spacial score (nSPS) is 20.9.